The molecule has 1 unspecified atom stereocenters. The molecule has 1 aliphatic heterocycles. The lowest BCUT2D eigenvalue weighted by molar-refractivity contribution is 0.232. The van der Waals surface area contributed by atoms with E-state index in [1.165, 1.54) is 0 Å². The lowest BCUT2D eigenvalue weighted by Crippen LogP contribution is -2.30. The summed E-state index contributed by atoms with van der Waals surface area (Å²) in [4.78, 5) is 3.74. The van der Waals surface area contributed by atoms with E-state index in [9.17, 15) is 8.42 Å². The summed E-state index contributed by atoms with van der Waals surface area (Å²) in [5, 5.41) is 8.27. The molecule has 4 N–H and O–H groups in total. The molecule has 1 fully saturated rings. The minimum absolute atomic E-state index is 0.0232. The fourth-order valence-electron chi connectivity index (χ4n) is 1.10. The molecule has 6 nitrogen and oxygen atoms in total. The third-order valence-electron chi connectivity index (χ3n) is 1.64. The number of sulfone groups is 1. The largest absolute Gasteiger partial charge is 0.368 e. The third-order valence-corrected chi connectivity index (χ3v) is 3.39. The minimum atomic E-state index is -2.92. The van der Waals surface area contributed by atoms with Crippen LogP contribution in [0.2, 0.25) is 0 Å². The Morgan fingerprint density at radius 3 is 2.75 bits per heavy atom. The molecule has 0 bridgehead atoms. The van der Waals surface area contributed by atoms with Crippen molar-refractivity contribution in [3.05, 3.63) is 0 Å². The molecule has 1 saturated heterocycles. The van der Waals surface area contributed by atoms with Gasteiger partial charge >= 0.3 is 0 Å². The average molecular weight is 193 g/mol. The molecular weight excluding hydrogens is 182 g/mol. The fourth-order valence-corrected chi connectivity index (χ4v) is 2.73. The first-order chi connectivity index (χ1) is 5.53. The zero-order valence-corrected chi connectivity index (χ0v) is 7.21. The van der Waals surface area contributed by atoms with Crippen molar-refractivity contribution in [2.75, 3.05) is 11.5 Å². The van der Waals surface area contributed by atoms with Crippen LogP contribution in [0.25, 0.3) is 0 Å². The summed E-state index contributed by atoms with van der Waals surface area (Å²) in [5.41, 5.74) is 6.79. The van der Waals surface area contributed by atoms with Gasteiger partial charge in [0.1, 0.15) is 0 Å². The van der Waals surface area contributed by atoms with Crippen molar-refractivity contribution in [2.24, 2.45) is 10.7 Å². The van der Waals surface area contributed by atoms with Crippen molar-refractivity contribution in [1.29, 1.82) is 0 Å². The lowest BCUT2D eigenvalue weighted by Gasteiger charge is -2.01. The highest BCUT2D eigenvalue weighted by Gasteiger charge is 2.27. The van der Waals surface area contributed by atoms with Crippen LogP contribution in [0.15, 0.2) is 4.99 Å². The second-order valence-corrected chi connectivity index (χ2v) is 4.91. The van der Waals surface area contributed by atoms with Crippen molar-refractivity contribution in [3.63, 3.8) is 0 Å². The SMILES string of the molecule is NC(=NC1CCS(=O)(=O)C1)NO. The molecule has 0 aromatic rings. The molecule has 1 aliphatic rings. The third kappa shape index (κ3) is 2.35. The number of nitrogens with zero attached hydrogens (tertiary/aromatic N) is 1. The quantitative estimate of drug-likeness (QED) is 0.266. The maximum Gasteiger partial charge on any atom is 0.213 e. The Hall–Kier alpha value is -0.820. The summed E-state index contributed by atoms with van der Waals surface area (Å²) in [6.45, 7) is 0. The Labute approximate surface area is 70.4 Å². The number of guanidine groups is 1. The lowest BCUT2D eigenvalue weighted by atomic mass is 10.3. The molecule has 1 rings (SSSR count). The van der Waals surface area contributed by atoms with E-state index in [0.717, 1.165) is 0 Å². The topological polar surface area (TPSA) is 105 Å². The number of rotatable bonds is 1. The van der Waals surface area contributed by atoms with Gasteiger partial charge in [0.25, 0.3) is 0 Å². The number of hydrogen-bond acceptors (Lipinski definition) is 4. The van der Waals surface area contributed by atoms with E-state index in [1.807, 2.05) is 0 Å². The molecular formula is C5H11N3O3S. The van der Waals surface area contributed by atoms with Gasteiger partial charge in [0.2, 0.25) is 5.96 Å². The highest BCUT2D eigenvalue weighted by molar-refractivity contribution is 7.91. The van der Waals surface area contributed by atoms with Crippen molar-refractivity contribution >= 4 is 15.8 Å². The van der Waals surface area contributed by atoms with Gasteiger partial charge in [0.15, 0.2) is 9.84 Å². The number of nitrogens with one attached hydrogen (secondary N) is 1. The maximum absolute atomic E-state index is 10.9. The van der Waals surface area contributed by atoms with E-state index in [4.69, 9.17) is 10.9 Å². The molecule has 0 aliphatic carbocycles. The average Bonchev–Trinajstić information content (AvgIpc) is 2.30. The smallest absolute Gasteiger partial charge is 0.213 e. The van der Waals surface area contributed by atoms with Gasteiger partial charge < -0.3 is 5.73 Å². The predicted molar refractivity (Wildman–Crippen MR) is 43.6 cm³/mol. The Morgan fingerprint density at radius 1 is 1.67 bits per heavy atom. The molecule has 70 valence electrons. The fraction of sp³-hybridized carbons (Fsp3) is 0.800. The highest BCUT2D eigenvalue weighted by Crippen LogP contribution is 2.14. The Balaban J connectivity index is 2.60. The van der Waals surface area contributed by atoms with Crippen LogP contribution in [0.3, 0.4) is 0 Å². The summed E-state index contributed by atoms with van der Waals surface area (Å²) in [6.07, 6.45) is 0.477. The van der Waals surface area contributed by atoms with Crippen LogP contribution in [0.5, 0.6) is 0 Å². The second-order valence-electron chi connectivity index (χ2n) is 2.68. The van der Waals surface area contributed by atoms with Crippen molar-refractivity contribution in [2.45, 2.75) is 12.5 Å². The van der Waals surface area contributed by atoms with Gasteiger partial charge in [-0.05, 0) is 6.42 Å². The van der Waals surface area contributed by atoms with Crippen LogP contribution in [0.4, 0.5) is 0 Å². The summed E-state index contributed by atoms with van der Waals surface area (Å²) in [7, 11) is -2.92. The summed E-state index contributed by atoms with van der Waals surface area (Å²) < 4.78 is 21.8. The van der Waals surface area contributed by atoms with Crippen molar-refractivity contribution in [1.82, 2.24) is 5.48 Å². The van der Waals surface area contributed by atoms with Crippen molar-refractivity contribution < 1.29 is 13.6 Å². The van der Waals surface area contributed by atoms with Crippen molar-refractivity contribution in [3.8, 4) is 0 Å². The molecule has 0 aromatic carbocycles. The summed E-state index contributed by atoms with van der Waals surface area (Å²) in [5.74, 6) is 0.0343. The van der Waals surface area contributed by atoms with E-state index >= 15 is 0 Å². The van der Waals surface area contributed by atoms with Crippen LogP contribution < -0.4 is 11.2 Å². The Kier molecular flexibility index (Phi) is 2.53. The summed E-state index contributed by atoms with van der Waals surface area (Å²) >= 11 is 0. The normalized spacial score (nSPS) is 28.8. The van der Waals surface area contributed by atoms with Gasteiger partial charge in [0.05, 0.1) is 17.5 Å². The first-order valence-corrected chi connectivity index (χ1v) is 5.29. The molecule has 1 heterocycles. The minimum Gasteiger partial charge on any atom is -0.368 e. The van der Waals surface area contributed by atoms with E-state index in [2.05, 4.69) is 4.99 Å². The number of nitrogens with two attached hydrogens (primary N) is 1. The predicted octanol–water partition coefficient (Wildman–Crippen LogP) is -1.53. The second kappa shape index (κ2) is 3.28. The Bertz CT molecular complexity index is 284. The number of aliphatic imine (C=N–C) groups is 1. The van der Waals surface area contributed by atoms with Gasteiger partial charge in [-0.1, -0.05) is 0 Å². The molecule has 1 atom stereocenters. The summed E-state index contributed by atoms with van der Waals surface area (Å²) in [6, 6.07) is -0.311. The van der Waals surface area contributed by atoms with Crippen LogP contribution in [-0.4, -0.2) is 37.1 Å². The standard InChI is InChI=1S/C5H11N3O3S/c6-5(8-9)7-4-1-2-12(10,11)3-4/h4,9H,1-3H2,(H3,6,7,8). The molecule has 12 heavy (non-hydrogen) atoms. The van der Waals surface area contributed by atoms with E-state index in [-0.39, 0.29) is 23.5 Å². The van der Waals surface area contributed by atoms with Crippen LogP contribution in [-0.2, 0) is 9.84 Å². The molecule has 0 radical (unpaired) electrons. The van der Waals surface area contributed by atoms with Gasteiger partial charge in [-0.3, -0.25) is 5.21 Å². The first-order valence-electron chi connectivity index (χ1n) is 3.47. The van der Waals surface area contributed by atoms with E-state index in [0.29, 0.717) is 6.42 Å². The molecule has 0 spiro atoms. The monoisotopic (exact) mass is 193 g/mol. The van der Waals surface area contributed by atoms with Gasteiger partial charge in [0, 0.05) is 0 Å². The highest BCUT2D eigenvalue weighted by atomic mass is 32.2. The number of hydroxylamine groups is 1. The van der Waals surface area contributed by atoms with Gasteiger partial charge in [-0.2, -0.15) is 0 Å². The van der Waals surface area contributed by atoms with Crippen LogP contribution in [0.1, 0.15) is 6.42 Å². The van der Waals surface area contributed by atoms with E-state index < -0.39 is 9.84 Å². The Morgan fingerprint density at radius 2 is 2.33 bits per heavy atom. The zero-order chi connectivity index (χ0) is 9.19. The van der Waals surface area contributed by atoms with E-state index in [1.54, 1.807) is 5.48 Å². The number of hydrogen-bond donors (Lipinski definition) is 3. The molecule has 0 amide bonds. The molecule has 7 heteroatoms. The molecule has 0 aromatic heterocycles. The van der Waals surface area contributed by atoms with Gasteiger partial charge in [-0.25, -0.2) is 18.9 Å². The van der Waals surface area contributed by atoms with Gasteiger partial charge in [-0.15, -0.1) is 0 Å². The first kappa shape index (κ1) is 9.27. The molecule has 0 saturated carbocycles. The maximum atomic E-state index is 10.9. The van der Waals surface area contributed by atoms with Crippen LogP contribution >= 0.6 is 0 Å². The zero-order valence-electron chi connectivity index (χ0n) is 6.40. The van der Waals surface area contributed by atoms with Crippen LogP contribution in [0, 0.1) is 0 Å².